The number of aryl methyl sites for hydroxylation is 2. The number of hydrogen-bond donors (Lipinski definition) is 2. The number of hydrogen-bond acceptors (Lipinski definition) is 7. The second-order valence-corrected chi connectivity index (χ2v) is 8.71. The van der Waals surface area contributed by atoms with Crippen LogP contribution in [0.15, 0.2) is 34.5 Å². The highest BCUT2D eigenvalue weighted by Crippen LogP contribution is 2.33. The molecule has 0 unspecified atom stereocenters. The Hall–Kier alpha value is -1.41. The Morgan fingerprint density at radius 3 is 2.60 bits per heavy atom. The maximum atomic E-state index is 4.70. The molecule has 25 heavy (non-hydrogen) atoms. The third kappa shape index (κ3) is 5.04. The average molecular weight is 391 g/mol. The first-order valence-corrected chi connectivity index (χ1v) is 10.8. The maximum absolute atomic E-state index is 4.70. The third-order valence-electron chi connectivity index (χ3n) is 3.57. The SMILES string of the molecule is CCCCNSc1ccc(Nc2nc(-c3sc(C)nc3C)cs2)cc1. The van der Waals surface area contributed by atoms with E-state index in [1.807, 2.05) is 13.8 Å². The topological polar surface area (TPSA) is 49.8 Å². The van der Waals surface area contributed by atoms with Crippen LogP contribution in [-0.2, 0) is 0 Å². The van der Waals surface area contributed by atoms with Crippen molar-refractivity contribution in [2.75, 3.05) is 11.9 Å². The average Bonchev–Trinajstić information content (AvgIpc) is 3.19. The molecule has 0 bridgehead atoms. The molecule has 7 heteroatoms. The summed E-state index contributed by atoms with van der Waals surface area (Å²) in [6.45, 7) is 7.31. The van der Waals surface area contributed by atoms with Crippen molar-refractivity contribution in [1.82, 2.24) is 14.7 Å². The molecule has 0 spiro atoms. The van der Waals surface area contributed by atoms with Gasteiger partial charge in [0.1, 0.15) is 0 Å². The zero-order chi connectivity index (χ0) is 17.6. The van der Waals surface area contributed by atoms with Crippen molar-refractivity contribution < 1.29 is 0 Å². The van der Waals surface area contributed by atoms with Crippen LogP contribution in [0.3, 0.4) is 0 Å². The van der Waals surface area contributed by atoms with Crippen molar-refractivity contribution in [2.45, 2.75) is 38.5 Å². The highest BCUT2D eigenvalue weighted by atomic mass is 32.2. The molecule has 4 nitrogen and oxygen atoms in total. The highest BCUT2D eigenvalue weighted by Gasteiger charge is 2.11. The maximum Gasteiger partial charge on any atom is 0.187 e. The molecule has 0 amide bonds. The van der Waals surface area contributed by atoms with E-state index in [0.29, 0.717) is 0 Å². The fraction of sp³-hybridized carbons (Fsp3) is 0.333. The lowest BCUT2D eigenvalue weighted by Crippen LogP contribution is -2.04. The normalized spacial score (nSPS) is 11.0. The minimum Gasteiger partial charge on any atom is -0.332 e. The second kappa shape index (κ2) is 8.80. The molecule has 2 heterocycles. The lowest BCUT2D eigenvalue weighted by atomic mass is 10.3. The van der Waals surface area contributed by atoms with Gasteiger partial charge in [0, 0.05) is 22.5 Å². The molecular weight excluding hydrogens is 368 g/mol. The van der Waals surface area contributed by atoms with Gasteiger partial charge >= 0.3 is 0 Å². The number of unbranched alkanes of at least 4 members (excludes halogenated alkanes) is 1. The summed E-state index contributed by atoms with van der Waals surface area (Å²) in [7, 11) is 0. The molecule has 1 aromatic carbocycles. The summed E-state index contributed by atoms with van der Waals surface area (Å²) >= 11 is 5.00. The fourth-order valence-corrected chi connectivity index (χ4v) is 4.68. The molecule has 0 radical (unpaired) electrons. The van der Waals surface area contributed by atoms with E-state index in [1.165, 1.54) is 17.7 Å². The van der Waals surface area contributed by atoms with Crippen LogP contribution in [0, 0.1) is 13.8 Å². The van der Waals surface area contributed by atoms with Gasteiger partial charge in [-0.2, -0.15) is 0 Å². The van der Waals surface area contributed by atoms with Crippen LogP contribution < -0.4 is 10.0 Å². The summed E-state index contributed by atoms with van der Waals surface area (Å²) in [5.74, 6) is 0. The Morgan fingerprint density at radius 2 is 1.92 bits per heavy atom. The van der Waals surface area contributed by atoms with Gasteiger partial charge in [-0.1, -0.05) is 13.3 Å². The van der Waals surface area contributed by atoms with E-state index < -0.39 is 0 Å². The molecule has 0 aliphatic heterocycles. The second-order valence-electron chi connectivity index (χ2n) is 5.68. The van der Waals surface area contributed by atoms with Crippen molar-refractivity contribution in [1.29, 1.82) is 0 Å². The zero-order valence-electron chi connectivity index (χ0n) is 14.6. The largest absolute Gasteiger partial charge is 0.332 e. The summed E-state index contributed by atoms with van der Waals surface area (Å²) in [6.07, 6.45) is 2.42. The van der Waals surface area contributed by atoms with E-state index >= 15 is 0 Å². The van der Waals surface area contributed by atoms with Gasteiger partial charge in [0.2, 0.25) is 0 Å². The van der Waals surface area contributed by atoms with Gasteiger partial charge in [0.05, 0.1) is 21.3 Å². The van der Waals surface area contributed by atoms with E-state index in [0.717, 1.165) is 38.6 Å². The van der Waals surface area contributed by atoms with Crippen molar-refractivity contribution in [3.8, 4) is 10.6 Å². The summed E-state index contributed by atoms with van der Waals surface area (Å²) in [4.78, 5) is 11.6. The molecule has 3 aromatic rings. The summed E-state index contributed by atoms with van der Waals surface area (Å²) < 4.78 is 3.38. The van der Waals surface area contributed by atoms with Gasteiger partial charge < -0.3 is 5.32 Å². The van der Waals surface area contributed by atoms with Crippen molar-refractivity contribution >= 4 is 45.4 Å². The van der Waals surface area contributed by atoms with E-state index in [9.17, 15) is 0 Å². The fourth-order valence-electron chi connectivity index (χ4n) is 2.32. The lowest BCUT2D eigenvalue weighted by Gasteiger charge is -2.05. The van der Waals surface area contributed by atoms with Crippen molar-refractivity contribution in [3.05, 3.63) is 40.3 Å². The Bertz CT molecular complexity index is 808. The van der Waals surface area contributed by atoms with Crippen LogP contribution >= 0.6 is 34.6 Å². The number of nitrogens with zero attached hydrogens (tertiary/aromatic N) is 2. The van der Waals surface area contributed by atoms with Crippen LogP contribution in [0.5, 0.6) is 0 Å². The molecule has 0 aliphatic carbocycles. The predicted molar refractivity (Wildman–Crippen MR) is 111 cm³/mol. The molecule has 2 aromatic heterocycles. The van der Waals surface area contributed by atoms with E-state index in [2.05, 4.69) is 51.6 Å². The zero-order valence-corrected chi connectivity index (χ0v) is 17.1. The molecule has 2 N–H and O–H groups in total. The Labute approximate surface area is 161 Å². The molecule has 0 saturated heterocycles. The Balaban J connectivity index is 1.60. The van der Waals surface area contributed by atoms with Gasteiger partial charge in [-0.3, -0.25) is 4.72 Å². The number of nitrogens with one attached hydrogen (secondary N) is 2. The van der Waals surface area contributed by atoms with Gasteiger partial charge in [-0.05, 0) is 56.5 Å². The number of thiazole rings is 2. The summed E-state index contributed by atoms with van der Waals surface area (Å²) in [5, 5.41) is 7.46. The van der Waals surface area contributed by atoms with E-state index in [-0.39, 0.29) is 0 Å². The third-order valence-corrected chi connectivity index (χ3v) is 6.28. The Morgan fingerprint density at radius 1 is 1.12 bits per heavy atom. The summed E-state index contributed by atoms with van der Waals surface area (Å²) in [5.41, 5.74) is 3.11. The minimum atomic E-state index is 0.905. The van der Waals surface area contributed by atoms with Gasteiger partial charge in [-0.15, -0.1) is 22.7 Å². The quantitative estimate of drug-likeness (QED) is 0.363. The van der Waals surface area contributed by atoms with E-state index in [4.69, 9.17) is 4.98 Å². The lowest BCUT2D eigenvalue weighted by molar-refractivity contribution is 0.776. The number of rotatable bonds is 8. The first kappa shape index (κ1) is 18.4. The standard InChI is InChI=1S/C18H22N4S3/c1-4-5-10-19-25-15-8-6-14(7-9-15)21-18-22-16(11-23-18)17-12(2)20-13(3)24-17/h6-9,11,19H,4-5,10H2,1-3H3,(H,21,22). The van der Waals surface area contributed by atoms with Crippen LogP contribution in [0.2, 0.25) is 0 Å². The number of benzene rings is 1. The predicted octanol–water partition coefficient (Wildman–Crippen LogP) is 6.02. The summed E-state index contributed by atoms with van der Waals surface area (Å²) in [6, 6.07) is 8.42. The first-order valence-electron chi connectivity index (χ1n) is 8.32. The highest BCUT2D eigenvalue weighted by molar-refractivity contribution is 7.97. The minimum absolute atomic E-state index is 0.905. The van der Waals surface area contributed by atoms with Crippen molar-refractivity contribution in [2.24, 2.45) is 0 Å². The molecule has 3 rings (SSSR count). The molecular formula is C18H22N4S3. The monoisotopic (exact) mass is 390 g/mol. The molecule has 0 saturated carbocycles. The van der Waals surface area contributed by atoms with Gasteiger partial charge in [-0.25, -0.2) is 9.97 Å². The Kier molecular flexibility index (Phi) is 6.47. The molecule has 132 valence electrons. The first-order chi connectivity index (χ1) is 12.2. The van der Waals surface area contributed by atoms with Crippen LogP contribution in [-0.4, -0.2) is 16.5 Å². The molecule has 0 atom stereocenters. The van der Waals surface area contributed by atoms with Crippen LogP contribution in [0.1, 0.15) is 30.5 Å². The van der Waals surface area contributed by atoms with Crippen LogP contribution in [0.25, 0.3) is 10.6 Å². The van der Waals surface area contributed by atoms with E-state index in [1.54, 1.807) is 34.6 Å². The smallest absolute Gasteiger partial charge is 0.187 e. The number of anilines is 2. The van der Waals surface area contributed by atoms with Crippen LogP contribution in [0.4, 0.5) is 10.8 Å². The number of aromatic nitrogens is 2. The molecule has 0 aliphatic rings. The van der Waals surface area contributed by atoms with Crippen molar-refractivity contribution in [3.63, 3.8) is 0 Å². The molecule has 0 fully saturated rings. The van der Waals surface area contributed by atoms with Gasteiger partial charge in [0.25, 0.3) is 0 Å². The van der Waals surface area contributed by atoms with Gasteiger partial charge in [0.15, 0.2) is 5.13 Å².